The van der Waals surface area contributed by atoms with Gasteiger partial charge in [-0.15, -0.1) is 0 Å². The molecule has 0 aliphatic carbocycles. The number of hydrogen-bond donors (Lipinski definition) is 1. The number of rotatable bonds is 2. The van der Waals surface area contributed by atoms with Gasteiger partial charge in [-0.3, -0.25) is 0 Å². The molecule has 0 radical (unpaired) electrons. The molecule has 2 heteroatoms. The molecule has 1 heterocycles. The van der Waals surface area contributed by atoms with E-state index in [-0.39, 0.29) is 0 Å². The van der Waals surface area contributed by atoms with E-state index in [1.54, 1.807) is 0 Å². The second-order valence-electron chi connectivity index (χ2n) is 3.21. The fourth-order valence-electron chi connectivity index (χ4n) is 1.60. The minimum absolute atomic E-state index is 0.575. The highest BCUT2D eigenvalue weighted by Crippen LogP contribution is 2.29. The van der Waals surface area contributed by atoms with Gasteiger partial charge in [-0.25, -0.2) is 0 Å². The van der Waals surface area contributed by atoms with Crippen molar-refractivity contribution < 1.29 is 0 Å². The Balaban J connectivity index is 2.11. The van der Waals surface area contributed by atoms with Crippen molar-refractivity contribution in [3.05, 3.63) is 35.9 Å². The first kappa shape index (κ1) is 8.27. The van der Waals surface area contributed by atoms with Gasteiger partial charge in [0.2, 0.25) is 0 Å². The third-order valence-corrected chi connectivity index (χ3v) is 3.26. The Labute approximate surface area is 81.3 Å². The molecule has 0 spiro atoms. The molecule has 1 aliphatic rings. The van der Waals surface area contributed by atoms with Gasteiger partial charge >= 0.3 is 0 Å². The van der Waals surface area contributed by atoms with Gasteiger partial charge in [-0.2, -0.15) is 0 Å². The molecule has 1 nitrogen and oxygen atoms in total. The molecule has 0 aromatic heterocycles. The van der Waals surface area contributed by atoms with E-state index >= 15 is 0 Å². The van der Waals surface area contributed by atoms with Crippen LogP contribution < -0.4 is 5.32 Å². The third kappa shape index (κ3) is 1.41. The smallest absolute Gasteiger partial charge is 0.0368 e. The van der Waals surface area contributed by atoms with Crippen LogP contribution in [0.15, 0.2) is 30.3 Å². The largest absolute Gasteiger partial charge is 0.309 e. The van der Waals surface area contributed by atoms with E-state index in [0.717, 1.165) is 17.8 Å². The van der Waals surface area contributed by atoms with Gasteiger partial charge in [0, 0.05) is 23.8 Å². The molecule has 1 aromatic carbocycles. The van der Waals surface area contributed by atoms with Crippen LogP contribution in [0.25, 0.3) is 0 Å². The summed E-state index contributed by atoms with van der Waals surface area (Å²) in [5.41, 5.74) is 1.41. The molecule has 1 saturated heterocycles. The van der Waals surface area contributed by atoms with Crippen molar-refractivity contribution in [3.63, 3.8) is 0 Å². The van der Waals surface area contributed by atoms with E-state index in [9.17, 15) is 0 Å². The number of nitrogens with one attached hydrogen (secondary N) is 1. The Morgan fingerprint density at radius 2 is 2.08 bits per heavy atom. The predicted molar refractivity (Wildman–Crippen MR) is 54.5 cm³/mol. The minimum atomic E-state index is 0.575. The monoisotopic (exact) mass is 225 g/mol. The average Bonchev–Trinajstić information content (AvgIpc) is 2.05. The van der Waals surface area contributed by atoms with E-state index in [1.165, 1.54) is 5.56 Å². The van der Waals surface area contributed by atoms with Crippen LogP contribution in [-0.4, -0.2) is 11.9 Å². The maximum absolute atomic E-state index is 3.52. The molecule has 0 saturated carbocycles. The molecule has 12 heavy (non-hydrogen) atoms. The molecule has 1 fully saturated rings. The number of benzene rings is 1. The number of alkyl halides is 1. The second kappa shape index (κ2) is 3.58. The summed E-state index contributed by atoms with van der Waals surface area (Å²) in [6, 6.07) is 11.2. The summed E-state index contributed by atoms with van der Waals surface area (Å²) >= 11 is 3.52. The van der Waals surface area contributed by atoms with Crippen LogP contribution in [0.3, 0.4) is 0 Å². The molecule has 64 valence electrons. The molecule has 0 amide bonds. The van der Waals surface area contributed by atoms with Crippen molar-refractivity contribution in [3.8, 4) is 0 Å². The van der Waals surface area contributed by atoms with E-state index in [1.807, 2.05) is 0 Å². The first-order valence-corrected chi connectivity index (χ1v) is 5.38. The van der Waals surface area contributed by atoms with Crippen molar-refractivity contribution in [1.82, 2.24) is 5.32 Å². The van der Waals surface area contributed by atoms with Gasteiger partial charge in [0.05, 0.1) is 0 Å². The van der Waals surface area contributed by atoms with Crippen LogP contribution in [0.4, 0.5) is 0 Å². The lowest BCUT2D eigenvalue weighted by molar-refractivity contribution is 0.265. The van der Waals surface area contributed by atoms with E-state index in [4.69, 9.17) is 0 Å². The number of hydrogen-bond acceptors (Lipinski definition) is 1. The highest BCUT2D eigenvalue weighted by Gasteiger charge is 2.29. The summed E-state index contributed by atoms with van der Waals surface area (Å²) < 4.78 is 0. The second-order valence-corrected chi connectivity index (χ2v) is 3.86. The maximum atomic E-state index is 3.52. The molecule has 2 atom stereocenters. The molecule has 1 N–H and O–H groups in total. The van der Waals surface area contributed by atoms with Crippen LogP contribution in [0.5, 0.6) is 0 Å². The van der Waals surface area contributed by atoms with E-state index in [2.05, 4.69) is 51.6 Å². The van der Waals surface area contributed by atoms with Crippen molar-refractivity contribution in [1.29, 1.82) is 0 Å². The van der Waals surface area contributed by atoms with Gasteiger partial charge in [0.1, 0.15) is 0 Å². The topological polar surface area (TPSA) is 12.0 Å². The van der Waals surface area contributed by atoms with Gasteiger partial charge in [0.25, 0.3) is 0 Å². The Morgan fingerprint density at radius 1 is 1.33 bits per heavy atom. The van der Waals surface area contributed by atoms with Crippen molar-refractivity contribution >= 4 is 15.9 Å². The molecule has 0 bridgehead atoms. The zero-order chi connectivity index (χ0) is 8.39. The van der Waals surface area contributed by atoms with Crippen LogP contribution >= 0.6 is 15.9 Å². The summed E-state index contributed by atoms with van der Waals surface area (Å²) in [4.78, 5) is 0. The highest BCUT2D eigenvalue weighted by molar-refractivity contribution is 9.09. The van der Waals surface area contributed by atoms with Crippen LogP contribution in [0.2, 0.25) is 0 Å². The zero-order valence-corrected chi connectivity index (χ0v) is 8.42. The number of halogens is 1. The molecule has 1 aromatic rings. The van der Waals surface area contributed by atoms with Gasteiger partial charge in [-0.05, 0) is 5.56 Å². The Bertz CT molecular complexity index is 245. The normalized spacial score (nSPS) is 28.1. The average molecular weight is 226 g/mol. The maximum Gasteiger partial charge on any atom is 0.0368 e. The fourth-order valence-corrected chi connectivity index (χ4v) is 2.20. The third-order valence-electron chi connectivity index (χ3n) is 2.43. The summed E-state index contributed by atoms with van der Waals surface area (Å²) in [6.45, 7) is 1.14. The molecular weight excluding hydrogens is 214 g/mol. The zero-order valence-electron chi connectivity index (χ0n) is 6.83. The standard InChI is InChI=1S/C10H12BrN/c11-6-9-7-12-10(9)8-4-2-1-3-5-8/h1-5,9-10,12H,6-7H2. The molecule has 2 rings (SSSR count). The Kier molecular flexibility index (Phi) is 2.47. The molecule has 2 unspecified atom stereocenters. The highest BCUT2D eigenvalue weighted by atomic mass is 79.9. The predicted octanol–water partition coefficient (Wildman–Crippen LogP) is 2.34. The molecular formula is C10H12BrN. The van der Waals surface area contributed by atoms with E-state index in [0.29, 0.717) is 6.04 Å². The Hall–Kier alpha value is -0.340. The molecule has 1 aliphatic heterocycles. The van der Waals surface area contributed by atoms with Crippen LogP contribution in [0, 0.1) is 5.92 Å². The van der Waals surface area contributed by atoms with Gasteiger partial charge in [-0.1, -0.05) is 46.3 Å². The first-order chi connectivity index (χ1) is 5.92. The fraction of sp³-hybridized carbons (Fsp3) is 0.400. The van der Waals surface area contributed by atoms with Crippen LogP contribution in [0.1, 0.15) is 11.6 Å². The van der Waals surface area contributed by atoms with Crippen molar-refractivity contribution in [2.24, 2.45) is 5.92 Å². The van der Waals surface area contributed by atoms with Crippen molar-refractivity contribution in [2.75, 3.05) is 11.9 Å². The van der Waals surface area contributed by atoms with Crippen LogP contribution in [-0.2, 0) is 0 Å². The lowest BCUT2D eigenvalue weighted by Gasteiger charge is -2.37. The summed E-state index contributed by atoms with van der Waals surface area (Å²) in [5.74, 6) is 0.771. The summed E-state index contributed by atoms with van der Waals surface area (Å²) in [7, 11) is 0. The minimum Gasteiger partial charge on any atom is -0.309 e. The van der Waals surface area contributed by atoms with Gasteiger partial charge in [0.15, 0.2) is 0 Å². The first-order valence-electron chi connectivity index (χ1n) is 4.26. The summed E-state index contributed by atoms with van der Waals surface area (Å²) in [6.07, 6.45) is 0. The quantitative estimate of drug-likeness (QED) is 0.763. The van der Waals surface area contributed by atoms with Gasteiger partial charge < -0.3 is 5.32 Å². The lowest BCUT2D eigenvalue weighted by atomic mass is 9.88. The SMILES string of the molecule is BrCC1CNC1c1ccccc1. The summed E-state index contributed by atoms with van der Waals surface area (Å²) in [5, 5.41) is 4.53. The van der Waals surface area contributed by atoms with E-state index < -0.39 is 0 Å². The van der Waals surface area contributed by atoms with Crippen molar-refractivity contribution in [2.45, 2.75) is 6.04 Å². The lowest BCUT2D eigenvalue weighted by Crippen LogP contribution is -2.46. The Morgan fingerprint density at radius 3 is 2.58 bits per heavy atom.